The van der Waals surface area contributed by atoms with E-state index in [1.807, 2.05) is 6.92 Å². The van der Waals surface area contributed by atoms with E-state index in [9.17, 15) is 14.7 Å². The standard InChI is InChI=1S/C17H23NO6/c1-4-5-6-24-16(21)18-17(15(19)20)9-11-7-13(22-2)14(23-3)8-12(11)10-17/h7-8H,4-6,9-10H2,1-3H3,(H,18,21)(H,19,20). The summed E-state index contributed by atoms with van der Waals surface area (Å²) >= 11 is 0. The summed E-state index contributed by atoms with van der Waals surface area (Å²) in [6, 6.07) is 3.51. The molecule has 0 radical (unpaired) electrons. The first-order valence-corrected chi connectivity index (χ1v) is 7.88. The van der Waals surface area contributed by atoms with Crippen molar-refractivity contribution in [2.45, 2.75) is 38.1 Å². The monoisotopic (exact) mass is 337 g/mol. The second-order valence-corrected chi connectivity index (χ2v) is 5.83. The van der Waals surface area contributed by atoms with E-state index < -0.39 is 17.6 Å². The average molecular weight is 337 g/mol. The van der Waals surface area contributed by atoms with E-state index >= 15 is 0 Å². The van der Waals surface area contributed by atoms with Gasteiger partial charge in [-0.05, 0) is 29.7 Å². The molecule has 1 aromatic carbocycles. The van der Waals surface area contributed by atoms with E-state index in [1.54, 1.807) is 12.1 Å². The van der Waals surface area contributed by atoms with Gasteiger partial charge in [0, 0.05) is 12.8 Å². The summed E-state index contributed by atoms with van der Waals surface area (Å²) in [4.78, 5) is 23.8. The van der Waals surface area contributed by atoms with Crippen LogP contribution in [0.2, 0.25) is 0 Å². The van der Waals surface area contributed by atoms with Gasteiger partial charge in [-0.1, -0.05) is 13.3 Å². The Bertz CT molecular complexity index is 595. The van der Waals surface area contributed by atoms with Crippen molar-refractivity contribution in [2.24, 2.45) is 0 Å². The van der Waals surface area contributed by atoms with Crippen molar-refractivity contribution >= 4 is 12.1 Å². The normalized spacial score (nSPS) is 14.6. The van der Waals surface area contributed by atoms with Crippen molar-refractivity contribution < 1.29 is 28.9 Å². The van der Waals surface area contributed by atoms with Gasteiger partial charge in [0.25, 0.3) is 0 Å². The van der Waals surface area contributed by atoms with Crippen molar-refractivity contribution in [2.75, 3.05) is 20.8 Å². The van der Waals surface area contributed by atoms with E-state index in [2.05, 4.69) is 5.32 Å². The van der Waals surface area contributed by atoms with Crippen LogP contribution in [0.1, 0.15) is 30.9 Å². The van der Waals surface area contributed by atoms with Crippen LogP contribution in [0.3, 0.4) is 0 Å². The number of fused-ring (bicyclic) bond motifs is 1. The number of unbranched alkanes of at least 4 members (excludes halogenated alkanes) is 1. The molecular formula is C17H23NO6. The molecule has 0 saturated heterocycles. The van der Waals surface area contributed by atoms with E-state index in [4.69, 9.17) is 14.2 Å². The van der Waals surface area contributed by atoms with Crippen molar-refractivity contribution in [1.82, 2.24) is 5.32 Å². The number of hydrogen-bond donors (Lipinski definition) is 2. The predicted octanol–water partition coefficient (Wildman–Crippen LogP) is 2.15. The summed E-state index contributed by atoms with van der Waals surface area (Å²) in [6.45, 7) is 2.25. The second kappa shape index (κ2) is 7.42. The molecule has 0 saturated carbocycles. The highest BCUT2D eigenvalue weighted by Gasteiger charge is 2.46. The molecule has 2 rings (SSSR count). The van der Waals surface area contributed by atoms with Gasteiger partial charge in [-0.2, -0.15) is 0 Å². The molecule has 0 heterocycles. The molecule has 24 heavy (non-hydrogen) atoms. The van der Waals surface area contributed by atoms with E-state index in [-0.39, 0.29) is 19.4 Å². The molecule has 0 fully saturated rings. The molecule has 2 N–H and O–H groups in total. The number of carbonyl (C=O) groups is 2. The minimum atomic E-state index is -1.41. The van der Waals surface area contributed by atoms with Gasteiger partial charge in [-0.15, -0.1) is 0 Å². The molecule has 0 aromatic heterocycles. The lowest BCUT2D eigenvalue weighted by molar-refractivity contribution is -0.144. The number of aliphatic carboxylic acids is 1. The number of nitrogens with one attached hydrogen (secondary N) is 1. The summed E-state index contributed by atoms with van der Waals surface area (Å²) in [7, 11) is 3.04. The van der Waals surface area contributed by atoms with Crippen LogP contribution < -0.4 is 14.8 Å². The smallest absolute Gasteiger partial charge is 0.408 e. The SMILES string of the molecule is CCCCOC(=O)NC1(C(=O)O)Cc2cc(OC)c(OC)cc2C1. The van der Waals surface area contributed by atoms with Crippen molar-refractivity contribution in [3.05, 3.63) is 23.3 Å². The number of amides is 1. The number of carboxylic acids is 1. The van der Waals surface area contributed by atoms with Crippen LogP contribution in [0.25, 0.3) is 0 Å². The predicted molar refractivity (Wildman–Crippen MR) is 86.7 cm³/mol. The fourth-order valence-corrected chi connectivity index (χ4v) is 2.84. The first kappa shape index (κ1) is 17.9. The highest BCUT2D eigenvalue weighted by Crippen LogP contribution is 2.38. The third-order valence-electron chi connectivity index (χ3n) is 4.17. The van der Waals surface area contributed by atoms with Crippen molar-refractivity contribution in [1.29, 1.82) is 0 Å². The Morgan fingerprint density at radius 3 is 2.12 bits per heavy atom. The number of hydrogen-bond acceptors (Lipinski definition) is 5. The number of carbonyl (C=O) groups excluding carboxylic acids is 1. The summed E-state index contributed by atoms with van der Waals surface area (Å²) in [6.07, 6.45) is 1.25. The zero-order valence-corrected chi connectivity index (χ0v) is 14.2. The van der Waals surface area contributed by atoms with Crippen LogP contribution in [-0.4, -0.2) is 43.5 Å². The fraction of sp³-hybridized carbons (Fsp3) is 0.529. The van der Waals surface area contributed by atoms with Gasteiger partial charge >= 0.3 is 12.1 Å². The van der Waals surface area contributed by atoms with Gasteiger partial charge < -0.3 is 24.6 Å². The molecule has 7 nitrogen and oxygen atoms in total. The quantitative estimate of drug-likeness (QED) is 0.741. The highest BCUT2D eigenvalue weighted by atomic mass is 16.5. The van der Waals surface area contributed by atoms with Crippen LogP contribution >= 0.6 is 0 Å². The van der Waals surface area contributed by atoms with Crippen LogP contribution in [0.15, 0.2) is 12.1 Å². The first-order valence-electron chi connectivity index (χ1n) is 7.88. The van der Waals surface area contributed by atoms with E-state index in [1.165, 1.54) is 14.2 Å². The Hall–Kier alpha value is -2.44. The van der Waals surface area contributed by atoms with E-state index in [0.717, 1.165) is 24.0 Å². The molecule has 1 aromatic rings. The van der Waals surface area contributed by atoms with Crippen LogP contribution in [0, 0.1) is 0 Å². The number of methoxy groups -OCH3 is 2. The van der Waals surface area contributed by atoms with Gasteiger partial charge in [0.2, 0.25) is 0 Å². The summed E-state index contributed by atoms with van der Waals surface area (Å²) in [5.74, 6) is -0.0324. The second-order valence-electron chi connectivity index (χ2n) is 5.83. The number of benzene rings is 1. The molecule has 1 amide bonds. The molecule has 0 unspecified atom stereocenters. The molecule has 0 spiro atoms. The number of alkyl carbamates (subject to hydrolysis) is 1. The third-order valence-corrected chi connectivity index (χ3v) is 4.17. The molecule has 0 bridgehead atoms. The Kier molecular flexibility index (Phi) is 5.54. The Morgan fingerprint density at radius 1 is 1.17 bits per heavy atom. The molecule has 1 aliphatic rings. The highest BCUT2D eigenvalue weighted by molar-refractivity contribution is 5.86. The molecule has 0 atom stereocenters. The summed E-state index contributed by atoms with van der Waals surface area (Å²) < 4.78 is 15.5. The Labute approximate surface area is 140 Å². The topological polar surface area (TPSA) is 94.1 Å². The maximum absolute atomic E-state index is 11.9. The van der Waals surface area contributed by atoms with Gasteiger partial charge in [0.15, 0.2) is 11.5 Å². The zero-order chi connectivity index (χ0) is 17.7. The van der Waals surface area contributed by atoms with Gasteiger partial charge in [-0.25, -0.2) is 9.59 Å². The lowest BCUT2D eigenvalue weighted by atomic mass is 9.96. The van der Waals surface area contributed by atoms with Crippen molar-refractivity contribution in [3.8, 4) is 11.5 Å². The molecular weight excluding hydrogens is 314 g/mol. The molecule has 1 aliphatic carbocycles. The lowest BCUT2D eigenvalue weighted by Gasteiger charge is -2.24. The Morgan fingerprint density at radius 2 is 1.71 bits per heavy atom. The molecule has 7 heteroatoms. The maximum Gasteiger partial charge on any atom is 0.408 e. The summed E-state index contributed by atoms with van der Waals surface area (Å²) in [5.41, 5.74) is 0.205. The van der Waals surface area contributed by atoms with Gasteiger partial charge in [-0.3, -0.25) is 0 Å². The van der Waals surface area contributed by atoms with E-state index in [0.29, 0.717) is 11.5 Å². The van der Waals surface area contributed by atoms with Crippen LogP contribution in [0.5, 0.6) is 11.5 Å². The maximum atomic E-state index is 11.9. The first-order chi connectivity index (χ1) is 11.5. The minimum Gasteiger partial charge on any atom is -0.493 e. The lowest BCUT2D eigenvalue weighted by Crippen LogP contribution is -2.55. The number of rotatable bonds is 7. The largest absolute Gasteiger partial charge is 0.493 e. The molecule has 132 valence electrons. The zero-order valence-electron chi connectivity index (χ0n) is 14.2. The fourth-order valence-electron chi connectivity index (χ4n) is 2.84. The number of carboxylic acid groups (broad SMARTS) is 1. The van der Waals surface area contributed by atoms with Crippen LogP contribution in [-0.2, 0) is 22.4 Å². The number of ether oxygens (including phenoxy) is 3. The minimum absolute atomic E-state index is 0.168. The average Bonchev–Trinajstić information content (AvgIpc) is 2.91. The van der Waals surface area contributed by atoms with Gasteiger partial charge in [0.1, 0.15) is 5.54 Å². The van der Waals surface area contributed by atoms with Gasteiger partial charge in [0.05, 0.1) is 20.8 Å². The summed E-state index contributed by atoms with van der Waals surface area (Å²) in [5, 5.41) is 12.2. The molecule has 0 aliphatic heterocycles. The third kappa shape index (κ3) is 3.55. The Balaban J connectivity index is 2.20. The van der Waals surface area contributed by atoms with Crippen molar-refractivity contribution in [3.63, 3.8) is 0 Å². The van der Waals surface area contributed by atoms with Crippen LogP contribution in [0.4, 0.5) is 4.79 Å².